The average molecular weight is 454 g/mol. The molecule has 2 aromatic carbocycles. The lowest BCUT2D eigenvalue weighted by molar-refractivity contribution is 0.0954. The average Bonchev–Trinajstić information content (AvgIpc) is 3.28. The molecule has 0 bridgehead atoms. The van der Waals surface area contributed by atoms with Crippen molar-refractivity contribution in [1.29, 1.82) is 0 Å². The van der Waals surface area contributed by atoms with Crippen LogP contribution in [-0.4, -0.2) is 20.0 Å². The van der Waals surface area contributed by atoms with E-state index in [1.54, 1.807) is 41.8 Å². The summed E-state index contributed by atoms with van der Waals surface area (Å²) in [5.41, 5.74) is 9.18. The van der Waals surface area contributed by atoms with Crippen molar-refractivity contribution in [3.63, 3.8) is 0 Å². The summed E-state index contributed by atoms with van der Waals surface area (Å²) in [5.74, 6) is -0.336. The smallest absolute Gasteiger partial charge is 0.271 e. The number of fused-ring (bicyclic) bond motifs is 1. The summed E-state index contributed by atoms with van der Waals surface area (Å²) >= 11 is 1.14. The lowest BCUT2D eigenvalue weighted by Gasteiger charge is -2.20. The van der Waals surface area contributed by atoms with E-state index in [1.807, 2.05) is 0 Å². The van der Waals surface area contributed by atoms with Crippen molar-refractivity contribution in [3.05, 3.63) is 81.7 Å². The van der Waals surface area contributed by atoms with Gasteiger partial charge in [0.05, 0.1) is 5.71 Å². The minimum atomic E-state index is -3.62. The summed E-state index contributed by atoms with van der Waals surface area (Å²) in [7, 11) is -3.62. The van der Waals surface area contributed by atoms with E-state index in [1.165, 1.54) is 16.7 Å². The third-order valence-electron chi connectivity index (χ3n) is 5.22. The Hall–Kier alpha value is -2.97. The Kier molecular flexibility index (Phi) is 5.93. The molecule has 1 heterocycles. The second-order valence-corrected chi connectivity index (χ2v) is 10.4. The van der Waals surface area contributed by atoms with Crippen molar-refractivity contribution < 1.29 is 13.2 Å². The number of hydrogen-bond acceptors (Lipinski definition) is 5. The topological polar surface area (TPSA) is 87.6 Å². The van der Waals surface area contributed by atoms with E-state index in [-0.39, 0.29) is 10.1 Å². The highest BCUT2D eigenvalue weighted by atomic mass is 32.2. The maximum absolute atomic E-state index is 12.6. The zero-order valence-electron chi connectivity index (χ0n) is 17.3. The number of sulfonamides is 1. The highest BCUT2D eigenvalue weighted by molar-refractivity contribution is 7.94. The largest absolute Gasteiger partial charge is 0.279 e. The van der Waals surface area contributed by atoms with Crippen LogP contribution in [0, 0.1) is 13.8 Å². The van der Waals surface area contributed by atoms with Crippen LogP contribution in [0.2, 0.25) is 0 Å². The molecule has 1 aliphatic carbocycles. The normalized spacial score (nSPS) is 14.8. The molecule has 0 spiro atoms. The van der Waals surface area contributed by atoms with Crippen molar-refractivity contribution in [2.45, 2.75) is 37.3 Å². The van der Waals surface area contributed by atoms with Crippen molar-refractivity contribution in [3.8, 4) is 0 Å². The predicted molar refractivity (Wildman–Crippen MR) is 124 cm³/mol. The number of nitrogens with zero attached hydrogens (tertiary/aromatic N) is 1. The second kappa shape index (κ2) is 8.64. The number of amides is 1. The molecule has 2 N–H and O–H groups in total. The molecule has 3 aromatic rings. The molecule has 0 aliphatic heterocycles. The Morgan fingerprint density at radius 3 is 2.55 bits per heavy atom. The summed E-state index contributed by atoms with van der Waals surface area (Å²) in [6, 6.07) is 13.8. The summed E-state index contributed by atoms with van der Waals surface area (Å²) in [6.45, 7) is 4.17. The minimum Gasteiger partial charge on any atom is -0.279 e. The number of benzene rings is 2. The molecular weight excluding hydrogens is 430 g/mol. The predicted octanol–water partition coefficient (Wildman–Crippen LogP) is 4.64. The molecule has 31 heavy (non-hydrogen) atoms. The number of hydrazone groups is 1. The Balaban J connectivity index is 1.47. The van der Waals surface area contributed by atoms with Crippen molar-refractivity contribution in [2.75, 3.05) is 4.72 Å². The molecular formula is C23H23N3O3S2. The fourth-order valence-corrected chi connectivity index (χ4v) is 5.82. The van der Waals surface area contributed by atoms with Crippen LogP contribution in [0.25, 0.3) is 0 Å². The van der Waals surface area contributed by atoms with Crippen molar-refractivity contribution in [2.24, 2.45) is 5.10 Å². The standard InChI is InChI=1S/C23H23N3O3S2/c1-15-13-16(2)19-5-3-6-21(20(19)14-15)24-25-23(27)17-8-10-18(11-9-17)26-31(28,29)22-7-4-12-30-22/h4,7-14,26H,3,5-6H2,1-2H3,(H,25,27)/b24-21+. The molecule has 0 unspecified atom stereocenters. The number of carbonyl (C=O) groups is 1. The van der Waals surface area contributed by atoms with Gasteiger partial charge in [0.15, 0.2) is 0 Å². The molecule has 4 rings (SSSR count). The monoisotopic (exact) mass is 453 g/mol. The maximum atomic E-state index is 12.6. The molecule has 1 aromatic heterocycles. The number of aryl methyl sites for hydroxylation is 2. The van der Waals surface area contributed by atoms with Gasteiger partial charge >= 0.3 is 0 Å². The summed E-state index contributed by atoms with van der Waals surface area (Å²) in [4.78, 5) is 12.6. The number of hydrogen-bond donors (Lipinski definition) is 2. The summed E-state index contributed by atoms with van der Waals surface area (Å²) in [6.07, 6.45) is 2.85. The Morgan fingerprint density at radius 2 is 1.84 bits per heavy atom. The van der Waals surface area contributed by atoms with Crippen LogP contribution in [0.15, 0.2) is 63.2 Å². The van der Waals surface area contributed by atoms with E-state index in [0.29, 0.717) is 11.3 Å². The fourth-order valence-electron chi connectivity index (χ4n) is 3.76. The quantitative estimate of drug-likeness (QED) is 0.552. The van der Waals surface area contributed by atoms with Crippen molar-refractivity contribution in [1.82, 2.24) is 5.43 Å². The van der Waals surface area contributed by atoms with E-state index in [2.05, 4.69) is 41.2 Å². The van der Waals surface area contributed by atoms with Gasteiger partial charge in [-0.05, 0) is 86.0 Å². The molecule has 0 saturated heterocycles. The van der Waals surface area contributed by atoms with Crippen LogP contribution in [0.1, 0.15) is 45.5 Å². The Bertz CT molecular complexity index is 1250. The molecule has 1 amide bonds. The molecule has 160 valence electrons. The van der Waals surface area contributed by atoms with Crippen LogP contribution in [0.3, 0.4) is 0 Å². The number of nitrogens with one attached hydrogen (secondary N) is 2. The molecule has 6 nitrogen and oxygen atoms in total. The van der Waals surface area contributed by atoms with Crippen LogP contribution < -0.4 is 10.1 Å². The summed E-state index contributed by atoms with van der Waals surface area (Å²) in [5, 5.41) is 6.11. The number of rotatable bonds is 5. The zero-order chi connectivity index (χ0) is 22.0. The molecule has 0 saturated carbocycles. The fraction of sp³-hybridized carbons (Fsp3) is 0.217. The molecule has 0 atom stereocenters. The zero-order valence-corrected chi connectivity index (χ0v) is 18.9. The third kappa shape index (κ3) is 4.70. The van der Waals surface area contributed by atoms with Gasteiger partial charge in [0.2, 0.25) is 0 Å². The first-order chi connectivity index (χ1) is 14.8. The number of thiophene rings is 1. The first-order valence-corrected chi connectivity index (χ1v) is 12.3. The van der Waals surface area contributed by atoms with Gasteiger partial charge < -0.3 is 0 Å². The van der Waals surface area contributed by atoms with Gasteiger partial charge in [-0.15, -0.1) is 11.3 Å². The van der Waals surface area contributed by atoms with Gasteiger partial charge in [0, 0.05) is 16.8 Å². The van der Waals surface area contributed by atoms with Crippen LogP contribution >= 0.6 is 11.3 Å². The van der Waals surface area contributed by atoms with E-state index < -0.39 is 10.0 Å². The van der Waals surface area contributed by atoms with E-state index in [0.717, 1.165) is 41.9 Å². The highest BCUT2D eigenvalue weighted by Crippen LogP contribution is 2.26. The molecule has 0 radical (unpaired) electrons. The second-order valence-electron chi connectivity index (χ2n) is 7.58. The lowest BCUT2D eigenvalue weighted by Crippen LogP contribution is -2.22. The number of anilines is 1. The van der Waals surface area contributed by atoms with Gasteiger partial charge in [0.1, 0.15) is 4.21 Å². The number of carbonyl (C=O) groups excluding carboxylic acids is 1. The minimum absolute atomic E-state index is 0.239. The summed E-state index contributed by atoms with van der Waals surface area (Å²) < 4.78 is 27.4. The first-order valence-electron chi connectivity index (χ1n) is 9.97. The van der Waals surface area contributed by atoms with E-state index >= 15 is 0 Å². The molecule has 1 aliphatic rings. The maximum Gasteiger partial charge on any atom is 0.271 e. The van der Waals surface area contributed by atoms with Gasteiger partial charge in [-0.2, -0.15) is 5.10 Å². The van der Waals surface area contributed by atoms with E-state index in [4.69, 9.17) is 0 Å². The Labute approximate surface area is 186 Å². The lowest BCUT2D eigenvalue weighted by atomic mass is 9.86. The Morgan fingerprint density at radius 1 is 1.06 bits per heavy atom. The van der Waals surface area contributed by atoms with Crippen LogP contribution in [-0.2, 0) is 16.4 Å². The van der Waals surface area contributed by atoms with Crippen molar-refractivity contribution >= 4 is 38.7 Å². The van der Waals surface area contributed by atoms with Gasteiger partial charge in [-0.25, -0.2) is 13.8 Å². The van der Waals surface area contributed by atoms with Crippen LogP contribution in [0.4, 0.5) is 5.69 Å². The first kappa shape index (κ1) is 21.3. The van der Waals surface area contributed by atoms with Gasteiger partial charge in [-0.1, -0.05) is 17.7 Å². The van der Waals surface area contributed by atoms with Gasteiger partial charge in [-0.3, -0.25) is 9.52 Å². The molecule has 0 fully saturated rings. The van der Waals surface area contributed by atoms with Crippen LogP contribution in [0.5, 0.6) is 0 Å². The van der Waals surface area contributed by atoms with Gasteiger partial charge in [0.25, 0.3) is 15.9 Å². The van der Waals surface area contributed by atoms with E-state index in [9.17, 15) is 13.2 Å². The third-order valence-corrected chi connectivity index (χ3v) is 8.00. The highest BCUT2D eigenvalue weighted by Gasteiger charge is 2.19. The SMILES string of the molecule is Cc1cc(C)c2c(c1)/C(=N/NC(=O)c1ccc(NS(=O)(=O)c3cccs3)cc1)CCC2. The molecule has 8 heteroatoms.